The minimum absolute atomic E-state index is 0.820. The summed E-state index contributed by atoms with van der Waals surface area (Å²) in [7, 11) is 0. The van der Waals surface area contributed by atoms with Crippen LogP contribution in [0.1, 0.15) is 12.8 Å². The summed E-state index contributed by atoms with van der Waals surface area (Å²) in [6, 6.07) is 0. The number of thioether (sulfide) groups is 2. The molecular weight excluding hydrogens is 176 g/mol. The maximum absolute atomic E-state index is 5.38. The van der Waals surface area contributed by atoms with Crippen molar-refractivity contribution in [3.63, 3.8) is 0 Å². The Balaban J connectivity index is 1.94. The average Bonchev–Trinajstić information content (AvgIpc) is 2.50. The highest BCUT2D eigenvalue weighted by Crippen LogP contribution is 2.22. The summed E-state index contributed by atoms with van der Waals surface area (Å²) < 4.78 is 1.28. The lowest BCUT2D eigenvalue weighted by Gasteiger charge is -1.97. The van der Waals surface area contributed by atoms with Gasteiger partial charge in [-0.25, -0.2) is 0 Å². The van der Waals surface area contributed by atoms with E-state index in [1.807, 2.05) is 23.5 Å². The highest BCUT2D eigenvalue weighted by molar-refractivity contribution is 8.39. The number of nitrogens with zero attached hydrogens (tertiary/aromatic N) is 1. The molecule has 1 rings (SSSR count). The van der Waals surface area contributed by atoms with Crippen molar-refractivity contribution in [2.75, 3.05) is 24.6 Å². The van der Waals surface area contributed by atoms with E-state index in [2.05, 4.69) is 4.99 Å². The molecular formula is C7H14N2S2. The maximum atomic E-state index is 5.38. The zero-order chi connectivity index (χ0) is 7.94. The number of hydrogen-bond donors (Lipinski definition) is 1. The van der Waals surface area contributed by atoms with Crippen molar-refractivity contribution in [3.8, 4) is 0 Å². The van der Waals surface area contributed by atoms with E-state index in [-0.39, 0.29) is 0 Å². The van der Waals surface area contributed by atoms with E-state index < -0.39 is 0 Å². The molecule has 0 saturated carbocycles. The molecule has 2 N–H and O–H groups in total. The Morgan fingerprint density at radius 2 is 2.45 bits per heavy atom. The largest absolute Gasteiger partial charge is 0.330 e. The van der Waals surface area contributed by atoms with Gasteiger partial charge in [0.2, 0.25) is 0 Å². The zero-order valence-electron chi connectivity index (χ0n) is 6.58. The standard InChI is InChI=1S/C7H14N2S2/c8-3-1-2-5-10-7-9-4-6-11-7/h1-6,8H2. The number of rotatable bonds is 4. The zero-order valence-corrected chi connectivity index (χ0v) is 8.22. The second kappa shape index (κ2) is 5.91. The van der Waals surface area contributed by atoms with Crippen LogP contribution in [0.5, 0.6) is 0 Å². The first-order valence-electron chi connectivity index (χ1n) is 3.93. The summed E-state index contributed by atoms with van der Waals surface area (Å²) in [5.74, 6) is 2.36. The number of aliphatic imine (C=N–C) groups is 1. The lowest BCUT2D eigenvalue weighted by molar-refractivity contribution is 0.815. The molecule has 64 valence electrons. The first kappa shape index (κ1) is 9.42. The average molecular weight is 190 g/mol. The van der Waals surface area contributed by atoms with Crippen molar-refractivity contribution in [1.29, 1.82) is 0 Å². The molecule has 11 heavy (non-hydrogen) atoms. The van der Waals surface area contributed by atoms with Crippen LogP contribution >= 0.6 is 23.5 Å². The third-order valence-electron chi connectivity index (χ3n) is 1.38. The van der Waals surface area contributed by atoms with E-state index in [1.165, 1.54) is 22.3 Å². The molecule has 0 bridgehead atoms. The molecule has 0 radical (unpaired) electrons. The molecule has 1 aliphatic rings. The molecule has 0 atom stereocenters. The summed E-state index contributed by atoms with van der Waals surface area (Å²) >= 11 is 3.76. The lowest BCUT2D eigenvalue weighted by Crippen LogP contribution is -1.98. The van der Waals surface area contributed by atoms with Crippen LogP contribution in [0, 0.1) is 0 Å². The molecule has 0 unspecified atom stereocenters. The van der Waals surface area contributed by atoms with E-state index in [9.17, 15) is 0 Å². The SMILES string of the molecule is NCCCCSC1=NCCS1. The van der Waals surface area contributed by atoms with Crippen molar-refractivity contribution in [3.05, 3.63) is 0 Å². The van der Waals surface area contributed by atoms with Crippen LogP contribution in [0.2, 0.25) is 0 Å². The van der Waals surface area contributed by atoms with Crippen LogP contribution in [-0.4, -0.2) is 29.0 Å². The Hall–Kier alpha value is 0.330. The molecule has 4 heteroatoms. The van der Waals surface area contributed by atoms with Crippen molar-refractivity contribution >= 4 is 27.9 Å². The van der Waals surface area contributed by atoms with Crippen LogP contribution < -0.4 is 5.73 Å². The van der Waals surface area contributed by atoms with E-state index in [1.54, 1.807) is 0 Å². The first-order chi connectivity index (χ1) is 5.43. The predicted molar refractivity (Wildman–Crippen MR) is 55.5 cm³/mol. The van der Waals surface area contributed by atoms with Crippen LogP contribution in [0.4, 0.5) is 0 Å². The van der Waals surface area contributed by atoms with Crippen LogP contribution in [0.15, 0.2) is 4.99 Å². The minimum atomic E-state index is 0.820. The van der Waals surface area contributed by atoms with Crippen LogP contribution in [-0.2, 0) is 0 Å². The third-order valence-corrected chi connectivity index (χ3v) is 3.72. The molecule has 0 saturated heterocycles. The molecule has 0 aromatic rings. The molecule has 1 heterocycles. The molecule has 0 aromatic carbocycles. The second-order valence-corrected chi connectivity index (χ2v) is 4.77. The van der Waals surface area contributed by atoms with Crippen molar-refractivity contribution in [2.24, 2.45) is 10.7 Å². The van der Waals surface area contributed by atoms with Gasteiger partial charge in [0.05, 0.1) is 6.54 Å². The number of nitrogens with two attached hydrogens (primary N) is 1. The predicted octanol–water partition coefficient (Wildman–Crippen LogP) is 1.56. The summed E-state index contributed by atoms with van der Waals surface area (Å²) in [6.07, 6.45) is 2.37. The summed E-state index contributed by atoms with van der Waals surface area (Å²) in [6.45, 7) is 1.84. The summed E-state index contributed by atoms with van der Waals surface area (Å²) in [5.41, 5.74) is 5.38. The van der Waals surface area contributed by atoms with Gasteiger partial charge in [-0.05, 0) is 19.4 Å². The second-order valence-electron chi connectivity index (χ2n) is 2.34. The smallest absolute Gasteiger partial charge is 0.124 e. The fourth-order valence-corrected chi connectivity index (χ4v) is 2.89. The van der Waals surface area contributed by atoms with Gasteiger partial charge < -0.3 is 5.73 Å². The fourth-order valence-electron chi connectivity index (χ4n) is 0.809. The molecule has 1 aliphatic heterocycles. The van der Waals surface area contributed by atoms with Crippen molar-refractivity contribution < 1.29 is 0 Å². The Bertz CT molecular complexity index is 136. The van der Waals surface area contributed by atoms with Gasteiger partial charge in [-0.15, -0.1) is 0 Å². The van der Waals surface area contributed by atoms with Gasteiger partial charge in [-0.2, -0.15) is 0 Å². The van der Waals surface area contributed by atoms with Gasteiger partial charge in [-0.1, -0.05) is 23.5 Å². The third kappa shape index (κ3) is 4.03. The minimum Gasteiger partial charge on any atom is -0.330 e. The molecule has 0 aromatic heterocycles. The van der Waals surface area contributed by atoms with Gasteiger partial charge in [0.15, 0.2) is 0 Å². The Morgan fingerprint density at radius 3 is 3.09 bits per heavy atom. The highest BCUT2D eigenvalue weighted by Gasteiger charge is 2.05. The molecule has 0 fully saturated rings. The van der Waals surface area contributed by atoms with E-state index in [4.69, 9.17) is 5.73 Å². The maximum Gasteiger partial charge on any atom is 0.124 e. The van der Waals surface area contributed by atoms with Gasteiger partial charge in [0.1, 0.15) is 4.38 Å². The highest BCUT2D eigenvalue weighted by atomic mass is 32.2. The lowest BCUT2D eigenvalue weighted by atomic mass is 10.3. The first-order valence-corrected chi connectivity index (χ1v) is 5.90. The van der Waals surface area contributed by atoms with Crippen molar-refractivity contribution in [2.45, 2.75) is 12.8 Å². The van der Waals surface area contributed by atoms with E-state index >= 15 is 0 Å². The summed E-state index contributed by atoms with van der Waals surface area (Å²) in [4.78, 5) is 4.34. The van der Waals surface area contributed by atoms with E-state index in [0.717, 1.165) is 19.5 Å². The Morgan fingerprint density at radius 1 is 1.55 bits per heavy atom. The number of hydrogen-bond acceptors (Lipinski definition) is 4. The molecule has 2 nitrogen and oxygen atoms in total. The molecule has 0 amide bonds. The van der Waals surface area contributed by atoms with Gasteiger partial charge in [0.25, 0.3) is 0 Å². The monoisotopic (exact) mass is 190 g/mol. The number of unbranched alkanes of at least 4 members (excludes halogenated alkanes) is 1. The topological polar surface area (TPSA) is 38.4 Å². The van der Waals surface area contributed by atoms with E-state index in [0.29, 0.717) is 0 Å². The van der Waals surface area contributed by atoms with Crippen LogP contribution in [0.25, 0.3) is 0 Å². The van der Waals surface area contributed by atoms with Gasteiger partial charge in [-0.3, -0.25) is 4.99 Å². The Labute approximate surface area is 76.4 Å². The van der Waals surface area contributed by atoms with Gasteiger partial charge in [0, 0.05) is 11.5 Å². The molecule has 0 aliphatic carbocycles. The quantitative estimate of drug-likeness (QED) is 0.684. The molecule has 0 spiro atoms. The van der Waals surface area contributed by atoms with Crippen molar-refractivity contribution in [1.82, 2.24) is 0 Å². The Kier molecular flexibility index (Phi) is 5.06. The van der Waals surface area contributed by atoms with Gasteiger partial charge >= 0.3 is 0 Å². The fraction of sp³-hybridized carbons (Fsp3) is 0.857. The summed E-state index contributed by atoms with van der Waals surface area (Å²) in [5, 5.41) is 0. The van der Waals surface area contributed by atoms with Crippen LogP contribution in [0.3, 0.4) is 0 Å². The normalized spacial score (nSPS) is 17.0.